The van der Waals surface area contributed by atoms with Crippen LogP contribution in [0.4, 0.5) is 0 Å². The van der Waals surface area contributed by atoms with E-state index in [0.717, 1.165) is 26.4 Å². The van der Waals surface area contributed by atoms with Gasteiger partial charge in [-0.3, -0.25) is 4.79 Å². The van der Waals surface area contributed by atoms with E-state index in [9.17, 15) is 4.79 Å². The predicted molar refractivity (Wildman–Crippen MR) is 72.7 cm³/mol. The molecule has 0 atom stereocenters. The van der Waals surface area contributed by atoms with Crippen LogP contribution in [0.3, 0.4) is 0 Å². The summed E-state index contributed by atoms with van der Waals surface area (Å²) in [5.41, 5.74) is 2.64. The second-order valence-corrected chi connectivity index (χ2v) is 5.10. The van der Waals surface area contributed by atoms with Crippen molar-refractivity contribution < 1.29 is 4.79 Å². The molecule has 0 aliphatic rings. The Bertz CT molecular complexity index is 535. The molecule has 0 N–H and O–H groups in total. The van der Waals surface area contributed by atoms with Crippen LogP contribution in [-0.2, 0) is 0 Å². The molecule has 0 saturated heterocycles. The van der Waals surface area contributed by atoms with Crippen LogP contribution in [-0.4, -0.2) is 6.29 Å². The summed E-state index contributed by atoms with van der Waals surface area (Å²) in [7, 11) is 0. The highest BCUT2D eigenvalue weighted by Gasteiger charge is 2.07. The summed E-state index contributed by atoms with van der Waals surface area (Å²) < 4.78 is 1.94. The van der Waals surface area contributed by atoms with Crippen molar-refractivity contribution in [2.24, 2.45) is 0 Å². The minimum Gasteiger partial charge on any atom is -0.298 e. The lowest BCUT2D eigenvalue weighted by molar-refractivity contribution is 0.112. The third-order valence-corrected chi connectivity index (χ3v) is 3.49. The number of halogens is 2. The molecule has 0 aliphatic heterocycles. The fourth-order valence-corrected chi connectivity index (χ4v) is 2.40. The van der Waals surface area contributed by atoms with Crippen molar-refractivity contribution in [3.63, 3.8) is 0 Å². The quantitative estimate of drug-likeness (QED) is 0.725. The molecule has 0 aliphatic carbocycles. The van der Waals surface area contributed by atoms with Gasteiger partial charge < -0.3 is 0 Å². The largest absolute Gasteiger partial charge is 0.298 e. The molecular weight excluding hydrogens is 332 g/mol. The highest BCUT2D eigenvalue weighted by atomic mass is 79.9. The van der Waals surface area contributed by atoms with Crippen LogP contribution in [0.5, 0.6) is 0 Å². The topological polar surface area (TPSA) is 17.1 Å². The maximum Gasteiger partial charge on any atom is 0.150 e. The SMILES string of the molecule is O=Cc1ccc(Br)cc1-c1ccccc1Br. The van der Waals surface area contributed by atoms with Crippen molar-refractivity contribution in [1.29, 1.82) is 0 Å². The van der Waals surface area contributed by atoms with Crippen LogP contribution in [0.25, 0.3) is 11.1 Å². The zero-order valence-corrected chi connectivity index (χ0v) is 11.5. The molecule has 0 radical (unpaired) electrons. The molecule has 2 aromatic rings. The fraction of sp³-hybridized carbons (Fsp3) is 0. The van der Waals surface area contributed by atoms with Crippen molar-refractivity contribution in [1.82, 2.24) is 0 Å². The van der Waals surface area contributed by atoms with Crippen LogP contribution in [0.1, 0.15) is 10.4 Å². The summed E-state index contributed by atoms with van der Waals surface area (Å²) in [4.78, 5) is 11.0. The van der Waals surface area contributed by atoms with Crippen LogP contribution >= 0.6 is 31.9 Å². The first kappa shape index (κ1) is 11.6. The van der Waals surface area contributed by atoms with Gasteiger partial charge in [-0.1, -0.05) is 50.1 Å². The summed E-state index contributed by atoms with van der Waals surface area (Å²) in [6.07, 6.45) is 0.876. The van der Waals surface area contributed by atoms with Gasteiger partial charge in [-0.25, -0.2) is 0 Å². The first-order valence-electron chi connectivity index (χ1n) is 4.72. The lowest BCUT2D eigenvalue weighted by Gasteiger charge is -2.07. The van der Waals surface area contributed by atoms with E-state index in [-0.39, 0.29) is 0 Å². The van der Waals surface area contributed by atoms with Gasteiger partial charge in [-0.2, -0.15) is 0 Å². The van der Waals surface area contributed by atoms with Gasteiger partial charge in [0.15, 0.2) is 6.29 Å². The van der Waals surface area contributed by atoms with Gasteiger partial charge in [0.25, 0.3) is 0 Å². The minimum atomic E-state index is 0.690. The van der Waals surface area contributed by atoms with Crippen molar-refractivity contribution in [3.05, 3.63) is 57.0 Å². The third kappa shape index (κ3) is 2.25. The van der Waals surface area contributed by atoms with Crippen molar-refractivity contribution in [3.8, 4) is 11.1 Å². The van der Waals surface area contributed by atoms with Crippen LogP contribution in [0.2, 0.25) is 0 Å². The molecule has 0 amide bonds. The molecule has 80 valence electrons. The number of hydrogen-bond donors (Lipinski definition) is 0. The molecule has 1 nitrogen and oxygen atoms in total. The highest BCUT2D eigenvalue weighted by Crippen LogP contribution is 2.31. The van der Waals surface area contributed by atoms with Crippen molar-refractivity contribution >= 4 is 38.1 Å². The Hall–Kier alpha value is -0.930. The summed E-state index contributed by atoms with van der Waals surface area (Å²) in [5, 5.41) is 0. The Morgan fingerprint density at radius 2 is 1.69 bits per heavy atom. The van der Waals surface area contributed by atoms with Gasteiger partial charge in [-0.15, -0.1) is 0 Å². The molecule has 16 heavy (non-hydrogen) atoms. The van der Waals surface area contributed by atoms with E-state index >= 15 is 0 Å². The van der Waals surface area contributed by atoms with Gasteiger partial charge in [-0.05, 0) is 35.4 Å². The molecule has 0 fully saturated rings. The average Bonchev–Trinajstić information content (AvgIpc) is 2.29. The van der Waals surface area contributed by atoms with E-state index in [1.54, 1.807) is 0 Å². The Morgan fingerprint density at radius 1 is 0.938 bits per heavy atom. The first-order valence-corrected chi connectivity index (χ1v) is 6.30. The maximum atomic E-state index is 11.0. The number of hydrogen-bond acceptors (Lipinski definition) is 1. The van der Waals surface area contributed by atoms with E-state index in [1.165, 1.54) is 0 Å². The number of carbonyl (C=O) groups is 1. The molecule has 2 aromatic carbocycles. The predicted octanol–water partition coefficient (Wildman–Crippen LogP) is 4.69. The zero-order valence-electron chi connectivity index (χ0n) is 8.28. The van der Waals surface area contributed by atoms with Crippen LogP contribution in [0, 0.1) is 0 Å². The Balaban J connectivity index is 2.67. The normalized spacial score (nSPS) is 10.1. The number of aldehydes is 1. The Labute approximate surface area is 111 Å². The molecule has 0 heterocycles. The minimum absolute atomic E-state index is 0.690. The second kappa shape index (κ2) is 4.93. The summed E-state index contributed by atoms with van der Waals surface area (Å²) in [5.74, 6) is 0. The van der Waals surface area contributed by atoms with E-state index in [2.05, 4.69) is 31.9 Å². The van der Waals surface area contributed by atoms with E-state index in [1.807, 2.05) is 42.5 Å². The monoisotopic (exact) mass is 338 g/mol. The second-order valence-electron chi connectivity index (χ2n) is 3.33. The standard InChI is InChI=1S/C13H8Br2O/c14-10-6-5-9(8-16)12(7-10)11-3-1-2-4-13(11)15/h1-8H. The molecule has 0 bridgehead atoms. The number of benzene rings is 2. The molecular formula is C13H8Br2O. The lowest BCUT2D eigenvalue weighted by Crippen LogP contribution is -1.88. The Morgan fingerprint density at radius 3 is 2.38 bits per heavy atom. The molecule has 0 spiro atoms. The van der Waals surface area contributed by atoms with Gasteiger partial charge in [0.05, 0.1) is 0 Å². The highest BCUT2D eigenvalue weighted by molar-refractivity contribution is 9.10. The lowest BCUT2D eigenvalue weighted by atomic mass is 10.0. The van der Waals surface area contributed by atoms with Gasteiger partial charge in [0.1, 0.15) is 0 Å². The molecule has 0 saturated carbocycles. The summed E-state index contributed by atoms with van der Waals surface area (Å²) in [6, 6.07) is 13.5. The van der Waals surface area contributed by atoms with E-state index in [0.29, 0.717) is 5.56 Å². The summed E-state index contributed by atoms with van der Waals surface area (Å²) in [6.45, 7) is 0. The van der Waals surface area contributed by atoms with Crippen LogP contribution in [0.15, 0.2) is 51.4 Å². The number of carbonyl (C=O) groups excluding carboxylic acids is 1. The fourth-order valence-electron chi connectivity index (χ4n) is 1.54. The maximum absolute atomic E-state index is 11.0. The molecule has 2 rings (SSSR count). The van der Waals surface area contributed by atoms with Gasteiger partial charge >= 0.3 is 0 Å². The zero-order chi connectivity index (χ0) is 11.5. The van der Waals surface area contributed by atoms with Crippen LogP contribution < -0.4 is 0 Å². The van der Waals surface area contributed by atoms with E-state index < -0.39 is 0 Å². The van der Waals surface area contributed by atoms with Crippen molar-refractivity contribution in [2.75, 3.05) is 0 Å². The third-order valence-electron chi connectivity index (χ3n) is 2.31. The summed E-state index contributed by atoms with van der Waals surface area (Å²) >= 11 is 6.91. The van der Waals surface area contributed by atoms with Gasteiger partial charge in [0, 0.05) is 14.5 Å². The Kier molecular flexibility index (Phi) is 3.56. The molecule has 0 aromatic heterocycles. The average molecular weight is 340 g/mol. The smallest absolute Gasteiger partial charge is 0.150 e. The van der Waals surface area contributed by atoms with Gasteiger partial charge in [0.2, 0.25) is 0 Å². The molecule has 3 heteroatoms. The molecule has 0 unspecified atom stereocenters. The number of rotatable bonds is 2. The first-order chi connectivity index (χ1) is 7.72. The van der Waals surface area contributed by atoms with Crippen molar-refractivity contribution in [2.45, 2.75) is 0 Å². The van der Waals surface area contributed by atoms with E-state index in [4.69, 9.17) is 0 Å².